The fourth-order valence-electron chi connectivity index (χ4n) is 5.24. The molecule has 2 aliphatic rings. The summed E-state index contributed by atoms with van der Waals surface area (Å²) in [6, 6.07) is 1.69. The van der Waals surface area contributed by atoms with Gasteiger partial charge < -0.3 is 10.2 Å². The van der Waals surface area contributed by atoms with Gasteiger partial charge in [-0.1, -0.05) is 33.1 Å². The number of H-pyrrole nitrogens is 1. The van der Waals surface area contributed by atoms with Crippen LogP contribution in [0, 0.1) is 5.92 Å². The summed E-state index contributed by atoms with van der Waals surface area (Å²) in [7, 11) is 0. The molecule has 2 aromatic heterocycles. The monoisotopic (exact) mass is 483 g/mol. The van der Waals surface area contributed by atoms with Crippen molar-refractivity contribution in [3.63, 3.8) is 0 Å². The van der Waals surface area contributed by atoms with E-state index in [1.54, 1.807) is 11.0 Å². The maximum atomic E-state index is 13.9. The van der Waals surface area contributed by atoms with Gasteiger partial charge in [-0.15, -0.1) is 0 Å². The highest BCUT2D eigenvalue weighted by atomic mass is 16.2. The van der Waals surface area contributed by atoms with Crippen LogP contribution in [0.3, 0.4) is 0 Å². The third kappa shape index (κ3) is 4.90. The van der Waals surface area contributed by atoms with Gasteiger partial charge in [-0.2, -0.15) is 0 Å². The molecule has 2 amide bonds. The first kappa shape index (κ1) is 25.1. The van der Waals surface area contributed by atoms with Crippen LogP contribution in [0.25, 0.3) is 11.0 Å². The van der Waals surface area contributed by atoms with E-state index in [9.17, 15) is 19.2 Å². The lowest BCUT2D eigenvalue weighted by molar-refractivity contribution is -0.139. The average molecular weight is 484 g/mol. The third-order valence-electron chi connectivity index (χ3n) is 7.28. The highest BCUT2D eigenvalue weighted by Gasteiger charge is 2.43. The molecule has 190 valence electrons. The number of pyridine rings is 1. The topological polar surface area (TPSA) is 117 Å². The quantitative estimate of drug-likeness (QED) is 0.599. The van der Waals surface area contributed by atoms with Crippen molar-refractivity contribution in [1.82, 2.24) is 24.8 Å². The standard InChI is InChI=1S/C26H37N5O4/c1-5-30(6-2)24(34)26(12-8-7-9-13-26)29-22(32)18-14-19(17-10-11-17)27-21-20(18)23(33)28-25(35)31(21)15-16(3)4/h14,16-17H,5-13,15H2,1-4H3,(H,29,32)(H,28,33,35). The molecular weight excluding hydrogens is 446 g/mol. The second-order valence-electron chi connectivity index (χ2n) is 10.4. The van der Waals surface area contributed by atoms with Gasteiger partial charge in [-0.3, -0.25) is 23.9 Å². The smallest absolute Gasteiger partial charge is 0.330 e. The van der Waals surface area contributed by atoms with E-state index in [0.717, 1.165) is 37.8 Å². The van der Waals surface area contributed by atoms with E-state index >= 15 is 0 Å². The number of hydrogen-bond donors (Lipinski definition) is 2. The Morgan fingerprint density at radius 1 is 1.17 bits per heavy atom. The molecule has 2 fully saturated rings. The Hall–Kier alpha value is -2.97. The summed E-state index contributed by atoms with van der Waals surface area (Å²) in [5.74, 6) is -0.166. The molecule has 2 heterocycles. The second-order valence-corrected chi connectivity index (χ2v) is 10.4. The number of aromatic nitrogens is 3. The number of carbonyl (C=O) groups is 2. The molecule has 35 heavy (non-hydrogen) atoms. The highest BCUT2D eigenvalue weighted by Crippen LogP contribution is 2.40. The van der Waals surface area contributed by atoms with Crippen LogP contribution in [0.4, 0.5) is 0 Å². The number of likely N-dealkylation sites (N-methyl/N-ethyl adjacent to an activating group) is 1. The number of amides is 2. The molecule has 2 aliphatic carbocycles. The number of fused-ring (bicyclic) bond motifs is 1. The van der Waals surface area contributed by atoms with Crippen molar-refractivity contribution in [2.45, 2.75) is 90.6 Å². The van der Waals surface area contributed by atoms with Crippen LogP contribution in [0.1, 0.15) is 94.6 Å². The molecule has 0 radical (unpaired) electrons. The van der Waals surface area contributed by atoms with E-state index in [0.29, 0.717) is 32.5 Å². The Balaban J connectivity index is 1.85. The molecular formula is C26H37N5O4. The molecule has 0 aromatic carbocycles. The van der Waals surface area contributed by atoms with Crippen LogP contribution >= 0.6 is 0 Å². The lowest BCUT2D eigenvalue weighted by Crippen LogP contribution is -2.60. The predicted molar refractivity (Wildman–Crippen MR) is 135 cm³/mol. The van der Waals surface area contributed by atoms with E-state index in [-0.39, 0.29) is 34.3 Å². The Bertz CT molecular complexity index is 1230. The van der Waals surface area contributed by atoms with Crippen molar-refractivity contribution >= 4 is 22.8 Å². The van der Waals surface area contributed by atoms with Crippen molar-refractivity contribution in [1.29, 1.82) is 0 Å². The normalized spacial score (nSPS) is 17.5. The summed E-state index contributed by atoms with van der Waals surface area (Å²) in [5, 5.41) is 3.19. The highest BCUT2D eigenvalue weighted by molar-refractivity contribution is 6.07. The number of aromatic amines is 1. The Labute approximate surface area is 205 Å². The molecule has 0 unspecified atom stereocenters. The van der Waals surface area contributed by atoms with E-state index in [2.05, 4.69) is 10.3 Å². The molecule has 0 spiro atoms. The van der Waals surface area contributed by atoms with Crippen LogP contribution in [0.2, 0.25) is 0 Å². The van der Waals surface area contributed by atoms with Gasteiger partial charge in [0.05, 0.1) is 10.9 Å². The SMILES string of the molecule is CCN(CC)C(=O)C1(NC(=O)c2cc(C3CC3)nc3c2c(=O)[nH]c(=O)n3CC(C)C)CCCCC1. The van der Waals surface area contributed by atoms with Gasteiger partial charge >= 0.3 is 5.69 Å². The maximum Gasteiger partial charge on any atom is 0.330 e. The predicted octanol–water partition coefficient (Wildman–Crippen LogP) is 2.92. The van der Waals surface area contributed by atoms with Gasteiger partial charge in [0, 0.05) is 31.2 Å². The molecule has 2 saturated carbocycles. The summed E-state index contributed by atoms with van der Waals surface area (Å²) >= 11 is 0. The Morgan fingerprint density at radius 2 is 1.83 bits per heavy atom. The van der Waals surface area contributed by atoms with Crippen LogP contribution in [-0.4, -0.2) is 49.9 Å². The van der Waals surface area contributed by atoms with Crippen LogP contribution < -0.4 is 16.6 Å². The molecule has 9 nitrogen and oxygen atoms in total. The summed E-state index contributed by atoms with van der Waals surface area (Å²) in [6.07, 6.45) is 5.79. The number of hydrogen-bond acceptors (Lipinski definition) is 5. The van der Waals surface area contributed by atoms with Crippen molar-refractivity contribution in [2.24, 2.45) is 5.92 Å². The lowest BCUT2D eigenvalue weighted by Gasteiger charge is -2.40. The van der Waals surface area contributed by atoms with E-state index < -0.39 is 22.7 Å². The summed E-state index contributed by atoms with van der Waals surface area (Å²) in [5.41, 5.74) is -0.989. The third-order valence-corrected chi connectivity index (χ3v) is 7.28. The minimum atomic E-state index is -0.990. The zero-order valence-corrected chi connectivity index (χ0v) is 21.3. The number of rotatable bonds is 8. The van der Waals surface area contributed by atoms with Gasteiger partial charge in [0.2, 0.25) is 5.91 Å². The van der Waals surface area contributed by atoms with Crippen molar-refractivity contribution in [3.05, 3.63) is 38.2 Å². The van der Waals surface area contributed by atoms with Gasteiger partial charge in [0.15, 0.2) is 5.65 Å². The number of nitrogens with one attached hydrogen (secondary N) is 2. The largest absolute Gasteiger partial charge is 0.341 e. The van der Waals surface area contributed by atoms with Crippen LogP contribution in [0.15, 0.2) is 15.7 Å². The molecule has 4 rings (SSSR count). The first-order valence-corrected chi connectivity index (χ1v) is 13.0. The summed E-state index contributed by atoms with van der Waals surface area (Å²) in [6.45, 7) is 9.34. The van der Waals surface area contributed by atoms with Crippen LogP contribution in [0.5, 0.6) is 0 Å². The van der Waals surface area contributed by atoms with Crippen molar-refractivity contribution in [2.75, 3.05) is 13.1 Å². The first-order valence-electron chi connectivity index (χ1n) is 13.0. The van der Waals surface area contributed by atoms with Gasteiger partial charge in [0.1, 0.15) is 5.54 Å². The fourth-order valence-corrected chi connectivity index (χ4v) is 5.24. The first-order chi connectivity index (χ1) is 16.7. The molecule has 0 bridgehead atoms. The maximum absolute atomic E-state index is 13.9. The van der Waals surface area contributed by atoms with Crippen molar-refractivity contribution < 1.29 is 9.59 Å². The summed E-state index contributed by atoms with van der Waals surface area (Å²) < 4.78 is 1.46. The summed E-state index contributed by atoms with van der Waals surface area (Å²) in [4.78, 5) is 61.9. The van der Waals surface area contributed by atoms with E-state index in [4.69, 9.17) is 4.98 Å². The van der Waals surface area contributed by atoms with Crippen molar-refractivity contribution in [3.8, 4) is 0 Å². The zero-order valence-electron chi connectivity index (χ0n) is 21.3. The van der Waals surface area contributed by atoms with E-state index in [1.165, 1.54) is 4.57 Å². The molecule has 2 aromatic rings. The second kappa shape index (κ2) is 9.95. The Kier molecular flexibility index (Phi) is 7.15. The van der Waals surface area contributed by atoms with Gasteiger partial charge in [-0.25, -0.2) is 9.78 Å². The lowest BCUT2D eigenvalue weighted by atomic mass is 9.80. The average Bonchev–Trinajstić information content (AvgIpc) is 3.67. The minimum Gasteiger partial charge on any atom is -0.341 e. The molecule has 0 atom stereocenters. The van der Waals surface area contributed by atoms with Crippen LogP contribution in [-0.2, 0) is 11.3 Å². The molecule has 2 N–H and O–H groups in total. The molecule has 9 heteroatoms. The number of nitrogens with zero attached hydrogens (tertiary/aromatic N) is 3. The molecule has 0 aliphatic heterocycles. The number of carbonyl (C=O) groups excluding carboxylic acids is 2. The molecule has 0 saturated heterocycles. The fraction of sp³-hybridized carbons (Fsp3) is 0.654. The van der Waals surface area contributed by atoms with Gasteiger partial charge in [-0.05, 0) is 51.5 Å². The van der Waals surface area contributed by atoms with Gasteiger partial charge in [0.25, 0.3) is 11.5 Å². The Morgan fingerprint density at radius 3 is 2.40 bits per heavy atom. The zero-order chi connectivity index (χ0) is 25.3. The minimum absolute atomic E-state index is 0.0676. The van der Waals surface area contributed by atoms with E-state index in [1.807, 2.05) is 27.7 Å².